The van der Waals surface area contributed by atoms with Crippen LogP contribution in [0.1, 0.15) is 12.5 Å². The van der Waals surface area contributed by atoms with Crippen molar-refractivity contribution in [3.63, 3.8) is 0 Å². The van der Waals surface area contributed by atoms with E-state index in [0.29, 0.717) is 19.8 Å². The Morgan fingerprint density at radius 3 is 2.68 bits per heavy atom. The molecule has 1 aliphatic heterocycles. The number of nitrogens with zero attached hydrogens (tertiary/aromatic N) is 1. The van der Waals surface area contributed by atoms with Crippen molar-refractivity contribution in [2.45, 2.75) is 19.6 Å². The summed E-state index contributed by atoms with van der Waals surface area (Å²) in [5, 5.41) is 3.44. The zero-order valence-electron chi connectivity index (χ0n) is 15.9. The van der Waals surface area contributed by atoms with Gasteiger partial charge in [-0.1, -0.05) is 24.3 Å². The van der Waals surface area contributed by atoms with Crippen LogP contribution in [0.5, 0.6) is 17.2 Å². The van der Waals surface area contributed by atoms with Gasteiger partial charge in [-0.25, -0.2) is 0 Å². The normalized spacial score (nSPS) is 15.2. The fourth-order valence-electron chi connectivity index (χ4n) is 3.19. The molecule has 28 heavy (non-hydrogen) atoms. The van der Waals surface area contributed by atoms with Crippen LogP contribution < -0.4 is 19.5 Å². The van der Waals surface area contributed by atoms with Gasteiger partial charge in [-0.05, 0) is 48.4 Å². The number of para-hydroxylation sites is 2. The second-order valence-corrected chi connectivity index (χ2v) is 6.67. The van der Waals surface area contributed by atoms with E-state index in [9.17, 15) is 0 Å². The van der Waals surface area contributed by atoms with E-state index in [1.165, 1.54) is 0 Å². The van der Waals surface area contributed by atoms with Crippen molar-refractivity contribution in [1.82, 2.24) is 10.3 Å². The van der Waals surface area contributed by atoms with E-state index in [1.807, 2.05) is 55.7 Å². The predicted octanol–water partition coefficient (Wildman–Crippen LogP) is 4.08. The maximum absolute atomic E-state index is 5.98. The first kappa shape index (κ1) is 18.3. The molecule has 144 valence electrons. The van der Waals surface area contributed by atoms with Crippen molar-refractivity contribution >= 4 is 0 Å². The van der Waals surface area contributed by atoms with Crippen molar-refractivity contribution in [2.75, 3.05) is 19.8 Å². The molecular weight excluding hydrogens is 352 g/mol. The van der Waals surface area contributed by atoms with Crippen LogP contribution in [-0.4, -0.2) is 30.8 Å². The minimum Gasteiger partial charge on any atom is -0.494 e. The van der Waals surface area contributed by atoms with E-state index in [2.05, 4.69) is 28.5 Å². The van der Waals surface area contributed by atoms with Crippen molar-refractivity contribution in [3.05, 3.63) is 72.6 Å². The van der Waals surface area contributed by atoms with E-state index in [1.54, 1.807) is 0 Å². The van der Waals surface area contributed by atoms with Crippen LogP contribution >= 0.6 is 0 Å². The highest BCUT2D eigenvalue weighted by Crippen LogP contribution is 2.30. The molecule has 0 aliphatic carbocycles. The Bertz CT molecular complexity index is 912. The third-order valence-electron chi connectivity index (χ3n) is 4.56. The maximum atomic E-state index is 5.98. The van der Waals surface area contributed by atoms with Gasteiger partial charge in [-0.3, -0.25) is 4.98 Å². The lowest BCUT2D eigenvalue weighted by Gasteiger charge is -2.26. The van der Waals surface area contributed by atoms with Crippen LogP contribution in [0.2, 0.25) is 0 Å². The van der Waals surface area contributed by atoms with Gasteiger partial charge in [0, 0.05) is 31.0 Å². The van der Waals surface area contributed by atoms with E-state index in [0.717, 1.165) is 40.5 Å². The molecule has 1 aliphatic rings. The largest absolute Gasteiger partial charge is 0.494 e. The summed E-state index contributed by atoms with van der Waals surface area (Å²) in [6, 6.07) is 18.0. The second kappa shape index (κ2) is 8.76. The van der Waals surface area contributed by atoms with Gasteiger partial charge in [0.05, 0.1) is 6.61 Å². The van der Waals surface area contributed by atoms with Crippen LogP contribution in [0.3, 0.4) is 0 Å². The van der Waals surface area contributed by atoms with Crippen LogP contribution in [0.15, 0.2) is 67.0 Å². The van der Waals surface area contributed by atoms with E-state index in [-0.39, 0.29) is 6.10 Å². The standard InChI is InChI=1S/C23H24N2O3/c1-2-26-20-9-7-18(8-10-20)19-11-17(12-24-14-19)13-25-15-21-16-27-22-5-3-4-6-23(22)28-21/h3-12,14,21,25H,2,13,15-16H2,1H3. The lowest BCUT2D eigenvalue weighted by Crippen LogP contribution is -2.38. The molecule has 0 bridgehead atoms. The molecule has 2 aromatic carbocycles. The fraction of sp³-hybridized carbons (Fsp3) is 0.261. The van der Waals surface area contributed by atoms with Gasteiger partial charge in [0.1, 0.15) is 18.5 Å². The van der Waals surface area contributed by atoms with E-state index in [4.69, 9.17) is 14.2 Å². The predicted molar refractivity (Wildman–Crippen MR) is 109 cm³/mol. The zero-order chi connectivity index (χ0) is 19.2. The summed E-state index contributed by atoms with van der Waals surface area (Å²) in [4.78, 5) is 4.39. The van der Waals surface area contributed by atoms with Gasteiger partial charge in [0.25, 0.3) is 0 Å². The number of nitrogens with one attached hydrogen (secondary N) is 1. The zero-order valence-corrected chi connectivity index (χ0v) is 15.9. The SMILES string of the molecule is CCOc1ccc(-c2cncc(CNCC3COc4ccccc4O3)c2)cc1. The summed E-state index contributed by atoms with van der Waals surface area (Å²) in [5.41, 5.74) is 3.34. The van der Waals surface area contributed by atoms with Crippen molar-refractivity contribution in [1.29, 1.82) is 0 Å². The van der Waals surface area contributed by atoms with Gasteiger partial charge in [0.15, 0.2) is 11.5 Å². The molecule has 1 unspecified atom stereocenters. The Balaban J connectivity index is 1.33. The minimum atomic E-state index is -0.00264. The Kier molecular flexibility index (Phi) is 5.73. The highest BCUT2D eigenvalue weighted by Gasteiger charge is 2.19. The summed E-state index contributed by atoms with van der Waals surface area (Å²) in [7, 11) is 0. The Morgan fingerprint density at radius 2 is 1.86 bits per heavy atom. The molecule has 3 aromatic rings. The number of ether oxygens (including phenoxy) is 3. The fourth-order valence-corrected chi connectivity index (χ4v) is 3.19. The molecule has 0 spiro atoms. The third-order valence-corrected chi connectivity index (χ3v) is 4.56. The molecule has 0 amide bonds. The average molecular weight is 376 g/mol. The number of hydrogen-bond acceptors (Lipinski definition) is 5. The van der Waals surface area contributed by atoms with Gasteiger partial charge >= 0.3 is 0 Å². The number of fused-ring (bicyclic) bond motifs is 1. The first-order valence-electron chi connectivity index (χ1n) is 9.58. The number of benzene rings is 2. The molecule has 0 radical (unpaired) electrons. The third kappa shape index (κ3) is 4.43. The van der Waals surface area contributed by atoms with Gasteiger partial charge in [0.2, 0.25) is 0 Å². The van der Waals surface area contributed by atoms with Crippen LogP contribution in [0, 0.1) is 0 Å². The Labute approximate surface area is 165 Å². The van der Waals surface area contributed by atoms with Gasteiger partial charge in [-0.2, -0.15) is 0 Å². The molecule has 0 fully saturated rings. The highest BCUT2D eigenvalue weighted by molar-refractivity contribution is 5.63. The van der Waals surface area contributed by atoms with Crippen LogP contribution in [0.25, 0.3) is 11.1 Å². The molecule has 1 N–H and O–H groups in total. The second-order valence-electron chi connectivity index (χ2n) is 6.67. The van der Waals surface area contributed by atoms with Crippen molar-refractivity contribution in [3.8, 4) is 28.4 Å². The number of aromatic nitrogens is 1. The lowest BCUT2D eigenvalue weighted by atomic mass is 10.1. The average Bonchev–Trinajstić information content (AvgIpc) is 2.75. The lowest BCUT2D eigenvalue weighted by molar-refractivity contribution is 0.0902. The van der Waals surface area contributed by atoms with Crippen LogP contribution in [-0.2, 0) is 6.54 Å². The Hall–Kier alpha value is -3.05. The van der Waals surface area contributed by atoms with Crippen LogP contribution in [0.4, 0.5) is 0 Å². The molecule has 1 aromatic heterocycles. The minimum absolute atomic E-state index is 0.00264. The van der Waals surface area contributed by atoms with E-state index < -0.39 is 0 Å². The van der Waals surface area contributed by atoms with Gasteiger partial charge in [-0.15, -0.1) is 0 Å². The Morgan fingerprint density at radius 1 is 1.04 bits per heavy atom. The monoisotopic (exact) mass is 376 g/mol. The topological polar surface area (TPSA) is 52.6 Å². The molecule has 1 atom stereocenters. The molecular formula is C23H24N2O3. The number of rotatable bonds is 7. The summed E-state index contributed by atoms with van der Waals surface area (Å²) in [5.74, 6) is 2.50. The highest BCUT2D eigenvalue weighted by atomic mass is 16.6. The van der Waals surface area contributed by atoms with Crippen molar-refractivity contribution in [2.24, 2.45) is 0 Å². The number of pyridine rings is 1. The van der Waals surface area contributed by atoms with E-state index >= 15 is 0 Å². The molecule has 4 rings (SSSR count). The summed E-state index contributed by atoms with van der Waals surface area (Å²) in [6.45, 7) is 4.64. The summed E-state index contributed by atoms with van der Waals surface area (Å²) < 4.78 is 17.2. The summed E-state index contributed by atoms with van der Waals surface area (Å²) >= 11 is 0. The maximum Gasteiger partial charge on any atom is 0.161 e. The number of hydrogen-bond donors (Lipinski definition) is 1. The summed E-state index contributed by atoms with van der Waals surface area (Å²) in [6.07, 6.45) is 3.77. The van der Waals surface area contributed by atoms with Gasteiger partial charge < -0.3 is 19.5 Å². The first-order chi connectivity index (χ1) is 13.8. The van der Waals surface area contributed by atoms with Crippen molar-refractivity contribution < 1.29 is 14.2 Å². The molecule has 0 saturated carbocycles. The molecule has 5 nitrogen and oxygen atoms in total. The quantitative estimate of drug-likeness (QED) is 0.673. The first-order valence-corrected chi connectivity index (χ1v) is 9.58. The molecule has 0 saturated heterocycles. The molecule has 2 heterocycles. The smallest absolute Gasteiger partial charge is 0.161 e. The molecule has 5 heteroatoms.